The van der Waals surface area contributed by atoms with Gasteiger partial charge in [0.05, 0.1) is 7.11 Å². The van der Waals surface area contributed by atoms with Crippen LogP contribution in [0.1, 0.15) is 0 Å². The third-order valence-electron chi connectivity index (χ3n) is 0.623. The highest BCUT2D eigenvalue weighted by molar-refractivity contribution is 7.03. The van der Waals surface area contributed by atoms with E-state index in [0.29, 0.717) is 5.88 Å². The van der Waals surface area contributed by atoms with E-state index in [4.69, 9.17) is 4.74 Å². The molecule has 0 N–H and O–H groups in total. The Morgan fingerprint density at radius 2 is 2.50 bits per heavy atom. The molecule has 1 aromatic rings. The number of hydrogen-bond acceptors (Lipinski definition) is 3. The van der Waals surface area contributed by atoms with Crippen LogP contribution < -0.4 is 4.74 Å². The third kappa shape index (κ3) is 1.68. The molecule has 8 heavy (non-hydrogen) atoms. The van der Waals surface area contributed by atoms with Crippen molar-refractivity contribution in [1.82, 2.24) is 4.37 Å². The second-order valence-electron chi connectivity index (χ2n) is 1.04. The lowest BCUT2D eigenvalue weighted by atomic mass is 10.7. The number of ether oxygens (including phenoxy) is 1. The Morgan fingerprint density at radius 3 is 2.75 bits per heavy atom. The lowest BCUT2D eigenvalue weighted by molar-refractivity contribution is 0.402. The zero-order valence-electron chi connectivity index (χ0n) is 4.33. The van der Waals surface area contributed by atoms with E-state index in [9.17, 15) is 0 Å². The van der Waals surface area contributed by atoms with E-state index in [-0.39, 0.29) is 12.4 Å². The first-order valence-corrected chi connectivity index (χ1v) is 2.71. The Bertz CT molecular complexity index is 131. The van der Waals surface area contributed by atoms with Gasteiger partial charge in [0.25, 0.3) is 0 Å². The number of aromatic nitrogens is 1. The molecule has 0 spiro atoms. The van der Waals surface area contributed by atoms with Gasteiger partial charge in [-0.15, -0.1) is 12.4 Å². The van der Waals surface area contributed by atoms with E-state index in [1.165, 1.54) is 11.5 Å². The van der Waals surface area contributed by atoms with Gasteiger partial charge in [0, 0.05) is 11.4 Å². The minimum Gasteiger partial charge on any atom is -0.480 e. The predicted molar refractivity (Wildman–Crippen MR) is 35.9 cm³/mol. The van der Waals surface area contributed by atoms with Crippen molar-refractivity contribution in [2.24, 2.45) is 0 Å². The Balaban J connectivity index is 0.000000490. The first kappa shape index (κ1) is 7.72. The molecule has 0 aliphatic heterocycles. The van der Waals surface area contributed by atoms with E-state index in [2.05, 4.69) is 4.37 Å². The zero-order valence-corrected chi connectivity index (χ0v) is 5.96. The summed E-state index contributed by atoms with van der Waals surface area (Å²) in [5, 5.41) is 1.87. The maximum absolute atomic E-state index is 4.75. The molecule has 0 aliphatic carbocycles. The zero-order chi connectivity index (χ0) is 5.11. The molecule has 0 atom stereocenters. The smallest absolute Gasteiger partial charge is 0.224 e. The molecule has 0 fully saturated rings. The highest BCUT2D eigenvalue weighted by atomic mass is 35.5. The van der Waals surface area contributed by atoms with Crippen molar-refractivity contribution < 1.29 is 4.74 Å². The summed E-state index contributed by atoms with van der Waals surface area (Å²) >= 11 is 1.39. The number of methoxy groups -OCH3 is 1. The average molecular weight is 152 g/mol. The monoisotopic (exact) mass is 151 g/mol. The van der Waals surface area contributed by atoms with Gasteiger partial charge in [0.15, 0.2) is 0 Å². The second kappa shape index (κ2) is 3.69. The topological polar surface area (TPSA) is 22.1 Å². The van der Waals surface area contributed by atoms with Crippen molar-refractivity contribution in [2.75, 3.05) is 7.11 Å². The summed E-state index contributed by atoms with van der Waals surface area (Å²) in [5.74, 6) is 0.699. The van der Waals surface area contributed by atoms with Crippen molar-refractivity contribution in [2.45, 2.75) is 0 Å². The fourth-order valence-electron chi connectivity index (χ4n) is 0.307. The van der Waals surface area contributed by atoms with Crippen molar-refractivity contribution in [3.8, 4) is 5.88 Å². The average Bonchev–Trinajstić information content (AvgIpc) is 2.14. The Hall–Kier alpha value is -0.280. The highest BCUT2D eigenvalue weighted by Crippen LogP contribution is 2.06. The SMILES string of the molecule is COc1ccsn1.Cl. The van der Waals surface area contributed by atoms with E-state index < -0.39 is 0 Å². The molecule has 46 valence electrons. The molecular weight excluding hydrogens is 146 g/mol. The molecule has 2 nitrogen and oxygen atoms in total. The first-order chi connectivity index (χ1) is 3.43. The molecule has 1 aromatic heterocycles. The number of halogens is 1. The van der Waals surface area contributed by atoms with Gasteiger partial charge in [-0.25, -0.2) is 0 Å². The highest BCUT2D eigenvalue weighted by Gasteiger charge is 1.85. The summed E-state index contributed by atoms with van der Waals surface area (Å²) in [7, 11) is 1.61. The molecule has 1 heterocycles. The number of nitrogens with zero attached hydrogens (tertiary/aromatic N) is 1. The molecule has 1 rings (SSSR count). The lowest BCUT2D eigenvalue weighted by Gasteiger charge is -1.84. The van der Waals surface area contributed by atoms with Crippen LogP contribution in [-0.2, 0) is 0 Å². The van der Waals surface area contributed by atoms with E-state index in [1.807, 2.05) is 11.4 Å². The lowest BCUT2D eigenvalue weighted by Crippen LogP contribution is -1.77. The minimum atomic E-state index is 0. The fraction of sp³-hybridized carbons (Fsp3) is 0.250. The maximum atomic E-state index is 4.75. The van der Waals surface area contributed by atoms with Crippen LogP contribution in [0.3, 0.4) is 0 Å². The van der Waals surface area contributed by atoms with Gasteiger partial charge in [-0.2, -0.15) is 4.37 Å². The molecule has 4 heteroatoms. The summed E-state index contributed by atoms with van der Waals surface area (Å²) < 4.78 is 8.61. The van der Waals surface area contributed by atoms with Crippen LogP contribution in [0.15, 0.2) is 11.4 Å². The Kier molecular flexibility index (Phi) is 3.56. The summed E-state index contributed by atoms with van der Waals surface area (Å²) in [6.45, 7) is 0. The quantitative estimate of drug-likeness (QED) is 0.608. The van der Waals surface area contributed by atoms with Gasteiger partial charge < -0.3 is 4.74 Å². The van der Waals surface area contributed by atoms with Crippen LogP contribution in [0.5, 0.6) is 5.88 Å². The van der Waals surface area contributed by atoms with Gasteiger partial charge in [-0.3, -0.25) is 0 Å². The summed E-state index contributed by atoms with van der Waals surface area (Å²) in [4.78, 5) is 0. The molecule has 0 amide bonds. The van der Waals surface area contributed by atoms with Gasteiger partial charge in [0.1, 0.15) is 0 Å². The van der Waals surface area contributed by atoms with Crippen molar-refractivity contribution >= 4 is 23.9 Å². The number of rotatable bonds is 1. The van der Waals surface area contributed by atoms with Gasteiger partial charge in [-0.05, 0) is 11.5 Å². The largest absolute Gasteiger partial charge is 0.480 e. The van der Waals surface area contributed by atoms with Crippen molar-refractivity contribution in [1.29, 1.82) is 0 Å². The minimum absolute atomic E-state index is 0. The van der Waals surface area contributed by atoms with Gasteiger partial charge in [0.2, 0.25) is 5.88 Å². The summed E-state index contributed by atoms with van der Waals surface area (Å²) in [6, 6.07) is 1.82. The molecule has 0 saturated carbocycles. The predicted octanol–water partition coefficient (Wildman–Crippen LogP) is 1.57. The van der Waals surface area contributed by atoms with Crippen LogP contribution in [0, 0.1) is 0 Å². The van der Waals surface area contributed by atoms with E-state index >= 15 is 0 Å². The molecule has 0 unspecified atom stereocenters. The van der Waals surface area contributed by atoms with Crippen LogP contribution in [0.2, 0.25) is 0 Å². The molecule has 0 radical (unpaired) electrons. The normalized spacial score (nSPS) is 7.62. The molecule has 0 saturated heterocycles. The Labute approximate surface area is 58.1 Å². The molecule has 0 bridgehead atoms. The van der Waals surface area contributed by atoms with Crippen LogP contribution in [-0.4, -0.2) is 11.5 Å². The summed E-state index contributed by atoms with van der Waals surface area (Å²) in [5.41, 5.74) is 0. The molecule has 0 aliphatic rings. The second-order valence-corrected chi connectivity index (χ2v) is 1.71. The van der Waals surface area contributed by atoms with Gasteiger partial charge in [-0.1, -0.05) is 0 Å². The number of hydrogen-bond donors (Lipinski definition) is 0. The van der Waals surface area contributed by atoms with Crippen molar-refractivity contribution in [3.05, 3.63) is 11.4 Å². The maximum Gasteiger partial charge on any atom is 0.224 e. The van der Waals surface area contributed by atoms with Crippen LogP contribution in [0.25, 0.3) is 0 Å². The van der Waals surface area contributed by atoms with Crippen molar-refractivity contribution in [3.63, 3.8) is 0 Å². The van der Waals surface area contributed by atoms with E-state index in [1.54, 1.807) is 7.11 Å². The standard InChI is InChI=1S/C4H5NOS.ClH/c1-6-4-2-3-7-5-4;/h2-3H,1H3;1H. The fourth-order valence-corrected chi connectivity index (χ4v) is 0.784. The first-order valence-electron chi connectivity index (χ1n) is 1.88. The third-order valence-corrected chi connectivity index (χ3v) is 1.17. The van der Waals surface area contributed by atoms with Crippen LogP contribution >= 0.6 is 23.9 Å². The molecule has 0 aromatic carbocycles. The van der Waals surface area contributed by atoms with Gasteiger partial charge >= 0.3 is 0 Å². The molecular formula is C4H6ClNOS. The van der Waals surface area contributed by atoms with Crippen LogP contribution in [0.4, 0.5) is 0 Å². The van der Waals surface area contributed by atoms with E-state index in [0.717, 1.165) is 0 Å². The summed E-state index contributed by atoms with van der Waals surface area (Å²) in [6.07, 6.45) is 0. The Morgan fingerprint density at radius 1 is 1.75 bits per heavy atom.